The van der Waals surface area contributed by atoms with Crippen LogP contribution in [0.4, 0.5) is 0 Å². The van der Waals surface area contributed by atoms with Crippen molar-refractivity contribution in [1.82, 2.24) is 5.32 Å². The van der Waals surface area contributed by atoms with Crippen LogP contribution in [0, 0.1) is 5.92 Å². The van der Waals surface area contributed by atoms with Crippen LogP contribution in [0.3, 0.4) is 0 Å². The average molecular weight is 218 g/mol. The Morgan fingerprint density at radius 3 is 2.47 bits per heavy atom. The molecule has 0 rings (SSSR count). The maximum Gasteiger partial charge on any atom is 0.234 e. The van der Waals surface area contributed by atoms with E-state index in [0.717, 1.165) is 0 Å². The molecule has 0 aromatic carbocycles. The minimum Gasteiger partial charge on any atom is -0.389 e. The van der Waals surface area contributed by atoms with Gasteiger partial charge in [0.25, 0.3) is 0 Å². The highest BCUT2D eigenvalue weighted by Crippen LogP contribution is 1.94. The van der Waals surface area contributed by atoms with Crippen molar-refractivity contribution in [3.8, 4) is 0 Å². The second-order valence-electron chi connectivity index (χ2n) is 4.12. The zero-order valence-electron chi connectivity index (χ0n) is 9.69. The first-order valence-corrected chi connectivity index (χ1v) is 5.22. The number of hydrogen-bond acceptors (Lipinski definition) is 4. The highest BCUT2D eigenvalue weighted by Gasteiger charge is 2.10. The largest absolute Gasteiger partial charge is 0.389 e. The van der Waals surface area contributed by atoms with E-state index in [2.05, 4.69) is 5.32 Å². The fourth-order valence-electron chi connectivity index (χ4n) is 0.912. The van der Waals surface area contributed by atoms with Gasteiger partial charge in [0.2, 0.25) is 5.91 Å². The molecule has 0 aliphatic carbocycles. The molecule has 0 aromatic heterocycles. The highest BCUT2D eigenvalue weighted by molar-refractivity contribution is 5.79. The van der Waals surface area contributed by atoms with Crippen molar-refractivity contribution in [1.29, 1.82) is 0 Å². The molecule has 0 spiro atoms. The second-order valence-corrected chi connectivity index (χ2v) is 4.12. The monoisotopic (exact) mass is 218 g/mol. The van der Waals surface area contributed by atoms with Crippen LogP contribution in [-0.2, 0) is 9.53 Å². The zero-order valence-corrected chi connectivity index (χ0v) is 9.69. The van der Waals surface area contributed by atoms with Gasteiger partial charge in [0.15, 0.2) is 0 Å². The molecule has 15 heavy (non-hydrogen) atoms. The van der Waals surface area contributed by atoms with Crippen LogP contribution in [0.5, 0.6) is 0 Å². The Kier molecular flexibility index (Phi) is 7.29. The van der Waals surface area contributed by atoms with Crippen LogP contribution in [0.25, 0.3) is 0 Å². The van der Waals surface area contributed by atoms with Crippen molar-refractivity contribution >= 4 is 5.91 Å². The molecule has 5 heteroatoms. The van der Waals surface area contributed by atoms with Gasteiger partial charge in [0.05, 0.1) is 18.8 Å². The van der Waals surface area contributed by atoms with Crippen molar-refractivity contribution in [3.63, 3.8) is 0 Å². The topological polar surface area (TPSA) is 84.6 Å². The predicted octanol–water partition coefficient (Wildman–Crippen LogP) is -0.517. The van der Waals surface area contributed by atoms with Gasteiger partial charge in [-0.15, -0.1) is 0 Å². The molecular formula is C10H22N2O3. The van der Waals surface area contributed by atoms with E-state index in [4.69, 9.17) is 10.5 Å². The number of aliphatic hydroxyl groups excluding tert-OH is 1. The van der Waals surface area contributed by atoms with Gasteiger partial charge in [-0.2, -0.15) is 0 Å². The molecule has 4 N–H and O–H groups in total. The van der Waals surface area contributed by atoms with Crippen LogP contribution >= 0.6 is 0 Å². The van der Waals surface area contributed by atoms with Gasteiger partial charge >= 0.3 is 0 Å². The summed E-state index contributed by atoms with van der Waals surface area (Å²) < 4.78 is 5.24. The first-order chi connectivity index (χ1) is 6.93. The van der Waals surface area contributed by atoms with Gasteiger partial charge in [-0.25, -0.2) is 0 Å². The lowest BCUT2D eigenvalue weighted by Gasteiger charge is -2.15. The normalized spacial score (nSPS) is 15.3. The van der Waals surface area contributed by atoms with Crippen LogP contribution < -0.4 is 11.1 Å². The van der Waals surface area contributed by atoms with E-state index < -0.39 is 18.1 Å². The maximum absolute atomic E-state index is 10.7. The summed E-state index contributed by atoms with van der Waals surface area (Å²) in [7, 11) is 0. The number of carbonyl (C=O) groups is 1. The van der Waals surface area contributed by atoms with Gasteiger partial charge < -0.3 is 20.9 Å². The van der Waals surface area contributed by atoms with Crippen LogP contribution in [0.2, 0.25) is 0 Å². The summed E-state index contributed by atoms with van der Waals surface area (Å²) in [6.45, 7) is 6.95. The fraction of sp³-hybridized carbons (Fsp3) is 0.900. The standard InChI is InChI=1S/C10H22N2O3/c1-7(2)5-15-6-9(13)4-12-8(3)10(11)14/h7-9,12-13H,4-6H2,1-3H3,(H2,11,14). The van der Waals surface area contributed by atoms with Gasteiger partial charge in [0, 0.05) is 13.2 Å². The quantitative estimate of drug-likeness (QED) is 0.512. The molecule has 0 heterocycles. The van der Waals surface area contributed by atoms with E-state index in [1.165, 1.54) is 0 Å². The van der Waals surface area contributed by atoms with Crippen LogP contribution in [0.15, 0.2) is 0 Å². The molecule has 0 saturated heterocycles. The average Bonchev–Trinajstić information content (AvgIpc) is 2.13. The van der Waals surface area contributed by atoms with Crippen molar-refractivity contribution in [2.45, 2.75) is 32.9 Å². The summed E-state index contributed by atoms with van der Waals surface area (Å²) in [6.07, 6.45) is -0.606. The van der Waals surface area contributed by atoms with Gasteiger partial charge in [-0.3, -0.25) is 4.79 Å². The van der Waals surface area contributed by atoms with E-state index >= 15 is 0 Å². The molecule has 90 valence electrons. The van der Waals surface area contributed by atoms with Crippen molar-refractivity contribution < 1.29 is 14.6 Å². The Morgan fingerprint density at radius 2 is 2.00 bits per heavy atom. The highest BCUT2D eigenvalue weighted by atomic mass is 16.5. The van der Waals surface area contributed by atoms with Gasteiger partial charge in [-0.05, 0) is 12.8 Å². The second kappa shape index (κ2) is 7.62. The fourth-order valence-corrected chi connectivity index (χ4v) is 0.912. The summed E-state index contributed by atoms with van der Waals surface area (Å²) in [4.78, 5) is 10.7. The molecule has 0 radical (unpaired) electrons. The van der Waals surface area contributed by atoms with Crippen molar-refractivity contribution in [2.75, 3.05) is 19.8 Å². The lowest BCUT2D eigenvalue weighted by molar-refractivity contribution is -0.119. The van der Waals surface area contributed by atoms with Crippen molar-refractivity contribution in [3.05, 3.63) is 0 Å². The van der Waals surface area contributed by atoms with Gasteiger partial charge in [0.1, 0.15) is 0 Å². The Labute approximate surface area is 91.0 Å². The number of ether oxygens (including phenoxy) is 1. The van der Waals surface area contributed by atoms with E-state index in [9.17, 15) is 9.90 Å². The Bertz CT molecular complexity index is 186. The first kappa shape index (κ1) is 14.3. The number of carbonyl (C=O) groups excluding carboxylic acids is 1. The first-order valence-electron chi connectivity index (χ1n) is 5.22. The number of rotatable bonds is 8. The molecule has 0 fully saturated rings. The number of primary amides is 1. The van der Waals surface area contributed by atoms with Gasteiger partial charge in [-0.1, -0.05) is 13.8 Å². The summed E-state index contributed by atoms with van der Waals surface area (Å²) in [5.41, 5.74) is 5.05. The predicted molar refractivity (Wildman–Crippen MR) is 58.3 cm³/mol. The maximum atomic E-state index is 10.7. The number of nitrogens with two attached hydrogens (primary N) is 1. The molecule has 5 nitrogen and oxygen atoms in total. The number of aliphatic hydroxyl groups is 1. The number of hydrogen-bond donors (Lipinski definition) is 3. The van der Waals surface area contributed by atoms with Crippen LogP contribution in [-0.4, -0.2) is 42.9 Å². The number of nitrogens with one attached hydrogen (secondary N) is 1. The molecule has 2 atom stereocenters. The summed E-state index contributed by atoms with van der Waals surface area (Å²) in [6, 6.07) is -0.426. The van der Waals surface area contributed by atoms with Crippen LogP contribution in [0.1, 0.15) is 20.8 Å². The lowest BCUT2D eigenvalue weighted by atomic mass is 10.2. The molecular weight excluding hydrogens is 196 g/mol. The van der Waals surface area contributed by atoms with Crippen molar-refractivity contribution in [2.24, 2.45) is 11.7 Å². The third-order valence-corrected chi connectivity index (χ3v) is 1.85. The molecule has 2 unspecified atom stereocenters. The third-order valence-electron chi connectivity index (χ3n) is 1.85. The Hall–Kier alpha value is -0.650. The smallest absolute Gasteiger partial charge is 0.234 e. The summed E-state index contributed by atoms with van der Waals surface area (Å²) >= 11 is 0. The van der Waals surface area contributed by atoms with E-state index in [1.807, 2.05) is 13.8 Å². The minimum absolute atomic E-state index is 0.274. The Morgan fingerprint density at radius 1 is 1.40 bits per heavy atom. The molecule has 0 aliphatic heterocycles. The molecule has 0 saturated carbocycles. The SMILES string of the molecule is CC(C)COCC(O)CNC(C)C(N)=O. The minimum atomic E-state index is -0.606. The Balaban J connectivity index is 3.48. The molecule has 0 aromatic rings. The lowest BCUT2D eigenvalue weighted by Crippen LogP contribution is -2.43. The third kappa shape index (κ3) is 8.35. The molecule has 0 bridgehead atoms. The summed E-state index contributed by atoms with van der Waals surface area (Å²) in [5, 5.41) is 12.3. The van der Waals surface area contributed by atoms with E-state index in [-0.39, 0.29) is 6.61 Å². The van der Waals surface area contributed by atoms with E-state index in [1.54, 1.807) is 6.92 Å². The number of amides is 1. The summed E-state index contributed by atoms with van der Waals surface area (Å²) in [5.74, 6) is 0.0278. The molecule has 0 aliphatic rings. The zero-order chi connectivity index (χ0) is 11.8. The molecule has 1 amide bonds. The van der Waals surface area contributed by atoms with E-state index in [0.29, 0.717) is 19.1 Å².